The SMILES string of the molecule is CC(C)[C@@H](N)Cn1nnc2ccccc21.Cl. The molecular weight excluding hydrogens is 224 g/mol. The van der Waals surface area contributed by atoms with Gasteiger partial charge in [-0.25, -0.2) is 4.68 Å². The molecule has 4 nitrogen and oxygen atoms in total. The molecule has 0 bridgehead atoms. The second kappa shape index (κ2) is 5.27. The minimum atomic E-state index is 0. The number of fused-ring (bicyclic) bond motifs is 1. The molecule has 1 atom stereocenters. The summed E-state index contributed by atoms with van der Waals surface area (Å²) in [6.45, 7) is 4.95. The van der Waals surface area contributed by atoms with E-state index in [1.54, 1.807) is 0 Å². The van der Waals surface area contributed by atoms with Crippen LogP contribution < -0.4 is 5.73 Å². The Labute approximate surface area is 101 Å². The van der Waals surface area contributed by atoms with Gasteiger partial charge in [-0.05, 0) is 18.1 Å². The van der Waals surface area contributed by atoms with Gasteiger partial charge in [-0.1, -0.05) is 31.2 Å². The Morgan fingerprint density at radius 2 is 2.00 bits per heavy atom. The maximum Gasteiger partial charge on any atom is 0.113 e. The first-order valence-electron chi connectivity index (χ1n) is 5.22. The Bertz CT molecular complexity index is 452. The van der Waals surface area contributed by atoms with E-state index in [-0.39, 0.29) is 18.4 Å². The first-order chi connectivity index (χ1) is 7.18. The van der Waals surface area contributed by atoms with Crippen LogP contribution in [0.25, 0.3) is 11.0 Å². The lowest BCUT2D eigenvalue weighted by Gasteiger charge is -2.15. The predicted molar refractivity (Wildman–Crippen MR) is 67.6 cm³/mol. The van der Waals surface area contributed by atoms with Crippen molar-refractivity contribution in [2.75, 3.05) is 0 Å². The second-order valence-corrected chi connectivity index (χ2v) is 4.17. The van der Waals surface area contributed by atoms with E-state index >= 15 is 0 Å². The number of nitrogens with zero attached hydrogens (tertiary/aromatic N) is 3. The number of nitrogens with two attached hydrogens (primary N) is 1. The maximum atomic E-state index is 6.01. The fourth-order valence-corrected chi connectivity index (χ4v) is 1.46. The number of hydrogen-bond donors (Lipinski definition) is 1. The molecule has 0 radical (unpaired) electrons. The van der Waals surface area contributed by atoms with Crippen molar-refractivity contribution in [1.29, 1.82) is 0 Å². The Hall–Kier alpha value is -1.13. The molecule has 88 valence electrons. The van der Waals surface area contributed by atoms with Crippen LogP contribution >= 0.6 is 12.4 Å². The first kappa shape index (κ1) is 12.9. The standard InChI is InChI=1S/C11H16N4.ClH/c1-8(2)9(12)7-15-11-6-4-3-5-10(11)13-14-15;/h3-6,8-9H,7,12H2,1-2H3;1H/t9-;/m0./s1. The second-order valence-electron chi connectivity index (χ2n) is 4.17. The van der Waals surface area contributed by atoms with Crippen molar-refractivity contribution in [2.45, 2.75) is 26.4 Å². The summed E-state index contributed by atoms with van der Waals surface area (Å²) < 4.78 is 1.88. The van der Waals surface area contributed by atoms with Crippen LogP contribution in [0.4, 0.5) is 0 Å². The number of para-hydroxylation sites is 1. The average molecular weight is 241 g/mol. The number of rotatable bonds is 3. The summed E-state index contributed by atoms with van der Waals surface area (Å²) in [5, 5.41) is 8.19. The third-order valence-electron chi connectivity index (χ3n) is 2.66. The lowest BCUT2D eigenvalue weighted by Crippen LogP contribution is -2.31. The summed E-state index contributed by atoms with van der Waals surface area (Å²) in [5.74, 6) is 0.452. The molecule has 0 amide bonds. The Balaban J connectivity index is 0.00000128. The first-order valence-corrected chi connectivity index (χ1v) is 5.22. The Morgan fingerprint density at radius 1 is 1.31 bits per heavy atom. The van der Waals surface area contributed by atoms with Crippen LogP contribution in [0.3, 0.4) is 0 Å². The van der Waals surface area contributed by atoms with Crippen LogP contribution in [-0.4, -0.2) is 21.0 Å². The average Bonchev–Trinajstić information content (AvgIpc) is 2.62. The van der Waals surface area contributed by atoms with Crippen molar-refractivity contribution >= 4 is 23.4 Å². The zero-order valence-corrected chi connectivity index (χ0v) is 10.3. The quantitative estimate of drug-likeness (QED) is 0.891. The zero-order valence-electron chi connectivity index (χ0n) is 9.50. The highest BCUT2D eigenvalue weighted by atomic mass is 35.5. The number of hydrogen-bond acceptors (Lipinski definition) is 3. The maximum absolute atomic E-state index is 6.01. The summed E-state index contributed by atoms with van der Waals surface area (Å²) >= 11 is 0. The molecule has 0 aliphatic rings. The predicted octanol–water partition coefficient (Wildman–Crippen LogP) is 1.84. The van der Waals surface area contributed by atoms with Gasteiger partial charge in [0.15, 0.2) is 0 Å². The van der Waals surface area contributed by atoms with Crippen LogP contribution in [0.2, 0.25) is 0 Å². The molecule has 16 heavy (non-hydrogen) atoms. The summed E-state index contributed by atoms with van der Waals surface area (Å²) in [7, 11) is 0. The summed E-state index contributed by atoms with van der Waals surface area (Å²) in [4.78, 5) is 0. The van der Waals surface area contributed by atoms with Gasteiger partial charge < -0.3 is 5.73 Å². The van der Waals surface area contributed by atoms with Crippen LogP contribution in [0.5, 0.6) is 0 Å². The van der Waals surface area contributed by atoms with Crippen LogP contribution in [0.1, 0.15) is 13.8 Å². The summed E-state index contributed by atoms with van der Waals surface area (Å²) in [6, 6.07) is 8.05. The van der Waals surface area contributed by atoms with E-state index in [0.717, 1.165) is 17.6 Å². The van der Waals surface area contributed by atoms with Gasteiger partial charge in [0.1, 0.15) is 5.52 Å². The third kappa shape index (κ3) is 2.51. The van der Waals surface area contributed by atoms with E-state index in [0.29, 0.717) is 5.92 Å². The topological polar surface area (TPSA) is 56.7 Å². The molecule has 1 aromatic heterocycles. The van der Waals surface area contributed by atoms with Gasteiger partial charge in [-0.2, -0.15) is 0 Å². The molecule has 2 N–H and O–H groups in total. The van der Waals surface area contributed by atoms with Crippen molar-refractivity contribution in [3.63, 3.8) is 0 Å². The van der Waals surface area contributed by atoms with Crippen molar-refractivity contribution < 1.29 is 0 Å². The molecule has 0 saturated carbocycles. The van der Waals surface area contributed by atoms with E-state index in [4.69, 9.17) is 5.73 Å². The lowest BCUT2D eigenvalue weighted by molar-refractivity contribution is 0.414. The van der Waals surface area contributed by atoms with Crippen molar-refractivity contribution in [3.05, 3.63) is 24.3 Å². The van der Waals surface area contributed by atoms with Gasteiger partial charge in [0, 0.05) is 6.04 Å². The van der Waals surface area contributed by atoms with Crippen LogP contribution in [-0.2, 0) is 6.54 Å². The molecule has 0 saturated heterocycles. The third-order valence-corrected chi connectivity index (χ3v) is 2.66. The molecule has 0 aliphatic heterocycles. The van der Waals surface area contributed by atoms with Crippen LogP contribution in [0.15, 0.2) is 24.3 Å². The largest absolute Gasteiger partial charge is 0.326 e. The minimum Gasteiger partial charge on any atom is -0.326 e. The van der Waals surface area contributed by atoms with Crippen LogP contribution in [0, 0.1) is 5.92 Å². The fraction of sp³-hybridized carbons (Fsp3) is 0.455. The minimum absolute atomic E-state index is 0. The van der Waals surface area contributed by atoms with Gasteiger partial charge in [0.05, 0.1) is 12.1 Å². The molecule has 0 unspecified atom stereocenters. The molecule has 0 fully saturated rings. The summed E-state index contributed by atoms with van der Waals surface area (Å²) in [6.07, 6.45) is 0. The van der Waals surface area contributed by atoms with E-state index in [9.17, 15) is 0 Å². The van der Waals surface area contributed by atoms with E-state index in [1.807, 2.05) is 28.9 Å². The lowest BCUT2D eigenvalue weighted by atomic mass is 10.1. The highest BCUT2D eigenvalue weighted by Gasteiger charge is 2.11. The fourth-order valence-electron chi connectivity index (χ4n) is 1.46. The monoisotopic (exact) mass is 240 g/mol. The molecule has 2 aromatic rings. The molecular formula is C11H17ClN4. The summed E-state index contributed by atoms with van der Waals surface area (Å²) in [5.41, 5.74) is 7.98. The number of halogens is 1. The molecule has 2 rings (SSSR count). The Morgan fingerprint density at radius 3 is 2.69 bits per heavy atom. The van der Waals surface area contributed by atoms with E-state index in [1.165, 1.54) is 0 Å². The van der Waals surface area contributed by atoms with Crippen molar-refractivity contribution in [2.24, 2.45) is 11.7 Å². The normalized spacial score (nSPS) is 12.8. The van der Waals surface area contributed by atoms with Gasteiger partial charge in [0.2, 0.25) is 0 Å². The molecule has 0 spiro atoms. The molecule has 1 aromatic carbocycles. The van der Waals surface area contributed by atoms with E-state index in [2.05, 4.69) is 24.2 Å². The smallest absolute Gasteiger partial charge is 0.113 e. The number of benzene rings is 1. The molecule has 5 heteroatoms. The van der Waals surface area contributed by atoms with E-state index < -0.39 is 0 Å². The van der Waals surface area contributed by atoms with Gasteiger partial charge >= 0.3 is 0 Å². The van der Waals surface area contributed by atoms with Crippen molar-refractivity contribution in [1.82, 2.24) is 15.0 Å². The van der Waals surface area contributed by atoms with Crippen molar-refractivity contribution in [3.8, 4) is 0 Å². The van der Waals surface area contributed by atoms with Gasteiger partial charge in [-0.15, -0.1) is 17.5 Å². The Kier molecular flexibility index (Phi) is 4.26. The van der Waals surface area contributed by atoms with Gasteiger partial charge in [-0.3, -0.25) is 0 Å². The zero-order chi connectivity index (χ0) is 10.8. The van der Waals surface area contributed by atoms with Gasteiger partial charge in [0.25, 0.3) is 0 Å². The highest BCUT2D eigenvalue weighted by molar-refractivity contribution is 5.85. The molecule has 0 aliphatic carbocycles. The highest BCUT2D eigenvalue weighted by Crippen LogP contribution is 2.11. The number of aromatic nitrogens is 3. The molecule has 1 heterocycles.